The zero-order valence-electron chi connectivity index (χ0n) is 11.7. The van der Waals surface area contributed by atoms with E-state index < -0.39 is 0 Å². The maximum Gasteiger partial charge on any atom is 0.226 e. The largest absolute Gasteiger partial charge is 0.367 e. The molecule has 0 amide bonds. The Balaban J connectivity index is 1.68. The fourth-order valence-electron chi connectivity index (χ4n) is 2.25. The van der Waals surface area contributed by atoms with Gasteiger partial charge < -0.3 is 5.32 Å². The minimum Gasteiger partial charge on any atom is -0.367 e. The van der Waals surface area contributed by atoms with Crippen LogP contribution in [0.4, 0.5) is 5.82 Å². The molecule has 0 aliphatic heterocycles. The highest BCUT2D eigenvalue weighted by atomic mass is 35.5. The molecular weight excluding hydrogens is 286 g/mol. The Morgan fingerprint density at radius 1 is 1.24 bits per heavy atom. The third kappa shape index (κ3) is 3.31. The molecule has 0 aliphatic carbocycles. The van der Waals surface area contributed by atoms with E-state index in [1.54, 1.807) is 6.20 Å². The molecule has 108 valence electrons. The Labute approximate surface area is 127 Å². The highest BCUT2D eigenvalue weighted by Gasteiger charge is 2.11. The number of aryl methyl sites for hydroxylation is 1. The van der Waals surface area contributed by atoms with E-state index in [-0.39, 0.29) is 11.3 Å². The minimum atomic E-state index is 0.213. The molecule has 2 heterocycles. The van der Waals surface area contributed by atoms with E-state index in [4.69, 9.17) is 11.6 Å². The number of benzene rings is 1. The van der Waals surface area contributed by atoms with Gasteiger partial charge >= 0.3 is 0 Å². The van der Waals surface area contributed by atoms with E-state index >= 15 is 0 Å². The number of fused-ring (bicyclic) bond motifs is 1. The van der Waals surface area contributed by atoms with Crippen molar-refractivity contribution in [1.29, 1.82) is 0 Å². The van der Waals surface area contributed by atoms with Crippen LogP contribution in [0.5, 0.6) is 0 Å². The van der Waals surface area contributed by atoms with Crippen LogP contribution < -0.4 is 5.32 Å². The lowest BCUT2D eigenvalue weighted by molar-refractivity contribution is 0.703. The minimum absolute atomic E-state index is 0.213. The van der Waals surface area contributed by atoms with Crippen molar-refractivity contribution in [2.45, 2.75) is 25.8 Å². The van der Waals surface area contributed by atoms with Crippen LogP contribution >= 0.6 is 11.6 Å². The summed E-state index contributed by atoms with van der Waals surface area (Å²) in [7, 11) is 0. The Bertz CT molecular complexity index is 725. The first-order valence-corrected chi connectivity index (χ1v) is 7.27. The average Bonchev–Trinajstić information content (AvgIpc) is 2.94. The molecule has 0 bridgehead atoms. The number of hydrogen-bond donors (Lipinski definition) is 2. The second kappa shape index (κ2) is 6.10. The van der Waals surface area contributed by atoms with Crippen LogP contribution in [0.15, 0.2) is 36.5 Å². The molecule has 6 heteroatoms. The molecule has 0 saturated heterocycles. The first-order chi connectivity index (χ1) is 10.2. The van der Waals surface area contributed by atoms with Gasteiger partial charge in [-0.1, -0.05) is 30.3 Å². The lowest BCUT2D eigenvalue weighted by atomic mass is 10.1. The fraction of sp³-hybridized carbons (Fsp3) is 0.267. The predicted molar refractivity (Wildman–Crippen MR) is 84.5 cm³/mol. The molecule has 0 saturated carbocycles. The van der Waals surface area contributed by atoms with E-state index in [1.807, 2.05) is 6.07 Å². The smallest absolute Gasteiger partial charge is 0.226 e. The number of aromatic amines is 1. The Kier molecular flexibility index (Phi) is 4.01. The number of aromatic nitrogens is 4. The summed E-state index contributed by atoms with van der Waals surface area (Å²) in [5, 5.41) is 11.2. The molecule has 21 heavy (non-hydrogen) atoms. The number of anilines is 1. The van der Waals surface area contributed by atoms with Crippen molar-refractivity contribution in [3.63, 3.8) is 0 Å². The van der Waals surface area contributed by atoms with Gasteiger partial charge in [0, 0.05) is 6.04 Å². The second-order valence-corrected chi connectivity index (χ2v) is 5.38. The van der Waals surface area contributed by atoms with Gasteiger partial charge in [-0.2, -0.15) is 15.1 Å². The van der Waals surface area contributed by atoms with Crippen molar-refractivity contribution < 1.29 is 0 Å². The van der Waals surface area contributed by atoms with Crippen molar-refractivity contribution in [3.05, 3.63) is 47.4 Å². The zero-order valence-corrected chi connectivity index (χ0v) is 12.4. The summed E-state index contributed by atoms with van der Waals surface area (Å²) in [6.07, 6.45) is 3.73. The van der Waals surface area contributed by atoms with Crippen molar-refractivity contribution in [1.82, 2.24) is 20.2 Å². The number of H-pyrrole nitrogens is 1. The van der Waals surface area contributed by atoms with Crippen LogP contribution in [0.2, 0.25) is 5.28 Å². The van der Waals surface area contributed by atoms with Gasteiger partial charge in [-0.05, 0) is 36.9 Å². The van der Waals surface area contributed by atoms with Gasteiger partial charge in [-0.3, -0.25) is 5.10 Å². The molecule has 1 atom stereocenters. The molecule has 3 rings (SSSR count). The topological polar surface area (TPSA) is 66.5 Å². The van der Waals surface area contributed by atoms with E-state index in [0.717, 1.165) is 24.0 Å². The third-order valence-electron chi connectivity index (χ3n) is 3.37. The molecule has 3 aromatic rings. The van der Waals surface area contributed by atoms with Gasteiger partial charge in [0.15, 0.2) is 5.65 Å². The van der Waals surface area contributed by atoms with Crippen molar-refractivity contribution >= 4 is 28.5 Å². The number of rotatable bonds is 5. The quantitative estimate of drug-likeness (QED) is 0.708. The van der Waals surface area contributed by atoms with Gasteiger partial charge in [0.1, 0.15) is 5.82 Å². The summed E-state index contributed by atoms with van der Waals surface area (Å²) in [5.41, 5.74) is 1.98. The van der Waals surface area contributed by atoms with E-state index in [9.17, 15) is 0 Å². The molecular formula is C15H16ClN5. The van der Waals surface area contributed by atoms with Crippen molar-refractivity contribution in [2.24, 2.45) is 0 Å². The molecule has 1 unspecified atom stereocenters. The maximum atomic E-state index is 5.93. The summed E-state index contributed by atoms with van der Waals surface area (Å²) >= 11 is 5.93. The molecule has 0 fully saturated rings. The molecule has 0 radical (unpaired) electrons. The molecule has 2 aromatic heterocycles. The van der Waals surface area contributed by atoms with Gasteiger partial charge in [-0.15, -0.1) is 0 Å². The summed E-state index contributed by atoms with van der Waals surface area (Å²) in [5.74, 6) is 0.722. The Hall–Kier alpha value is -2.14. The lowest BCUT2D eigenvalue weighted by Gasteiger charge is -2.15. The van der Waals surface area contributed by atoms with E-state index in [2.05, 4.69) is 56.7 Å². The summed E-state index contributed by atoms with van der Waals surface area (Å²) in [6.45, 7) is 2.13. The Morgan fingerprint density at radius 2 is 2.05 bits per heavy atom. The number of nitrogens with zero attached hydrogens (tertiary/aromatic N) is 3. The molecule has 0 aliphatic rings. The second-order valence-electron chi connectivity index (χ2n) is 5.04. The number of halogens is 1. The molecule has 2 N–H and O–H groups in total. The summed E-state index contributed by atoms with van der Waals surface area (Å²) in [4.78, 5) is 8.35. The molecule has 1 aromatic carbocycles. The average molecular weight is 302 g/mol. The molecule has 0 spiro atoms. The zero-order chi connectivity index (χ0) is 14.7. The van der Waals surface area contributed by atoms with Crippen LogP contribution in [0.3, 0.4) is 0 Å². The van der Waals surface area contributed by atoms with Crippen LogP contribution in [0.1, 0.15) is 18.9 Å². The summed E-state index contributed by atoms with van der Waals surface area (Å²) in [6, 6.07) is 10.7. The number of nitrogens with one attached hydrogen (secondary N) is 2. The van der Waals surface area contributed by atoms with Crippen LogP contribution in [-0.2, 0) is 6.42 Å². The fourth-order valence-corrected chi connectivity index (χ4v) is 2.42. The molecule has 5 nitrogen and oxygen atoms in total. The first-order valence-electron chi connectivity index (χ1n) is 6.89. The van der Waals surface area contributed by atoms with Crippen LogP contribution in [0.25, 0.3) is 11.0 Å². The summed E-state index contributed by atoms with van der Waals surface area (Å²) < 4.78 is 0. The SMILES string of the molecule is CC(CCc1ccccc1)Nc1nc(Cl)nc2[nH]ncc12. The van der Waals surface area contributed by atoms with Crippen LogP contribution in [-0.4, -0.2) is 26.2 Å². The van der Waals surface area contributed by atoms with Gasteiger partial charge in [0.05, 0.1) is 11.6 Å². The van der Waals surface area contributed by atoms with Gasteiger partial charge in [-0.25, -0.2) is 0 Å². The highest BCUT2D eigenvalue weighted by molar-refractivity contribution is 6.28. The third-order valence-corrected chi connectivity index (χ3v) is 3.54. The normalized spacial score (nSPS) is 12.5. The van der Waals surface area contributed by atoms with Crippen LogP contribution in [0, 0.1) is 0 Å². The van der Waals surface area contributed by atoms with E-state index in [1.165, 1.54) is 5.56 Å². The highest BCUT2D eigenvalue weighted by Crippen LogP contribution is 2.21. The predicted octanol–water partition coefficient (Wildman–Crippen LogP) is 3.44. The Morgan fingerprint density at radius 3 is 2.86 bits per heavy atom. The van der Waals surface area contributed by atoms with E-state index in [0.29, 0.717) is 5.65 Å². The van der Waals surface area contributed by atoms with Crippen molar-refractivity contribution in [3.8, 4) is 0 Å². The number of hydrogen-bond acceptors (Lipinski definition) is 4. The van der Waals surface area contributed by atoms with Gasteiger partial charge in [0.25, 0.3) is 0 Å². The van der Waals surface area contributed by atoms with Crippen molar-refractivity contribution in [2.75, 3.05) is 5.32 Å². The monoisotopic (exact) mass is 301 g/mol. The standard InChI is InChI=1S/C15H16ClN5/c1-10(7-8-11-5-3-2-4-6-11)18-13-12-9-17-21-14(12)20-15(16)19-13/h2-6,9-10H,7-8H2,1H3,(H2,17,18,19,20,21). The lowest BCUT2D eigenvalue weighted by Crippen LogP contribution is -2.17. The van der Waals surface area contributed by atoms with Gasteiger partial charge in [0.2, 0.25) is 5.28 Å². The maximum absolute atomic E-state index is 5.93. The first kappa shape index (κ1) is 13.8.